The molecule has 39 heavy (non-hydrogen) atoms. The van der Waals surface area contributed by atoms with Crippen LogP contribution in [-0.4, -0.2) is 81.5 Å². The monoisotopic (exact) mass is 536 g/mol. The lowest BCUT2D eigenvalue weighted by Gasteiger charge is -2.37. The van der Waals surface area contributed by atoms with Crippen LogP contribution in [0.5, 0.6) is 0 Å². The molecule has 1 atom stereocenters. The van der Waals surface area contributed by atoms with Gasteiger partial charge in [-0.25, -0.2) is 13.7 Å². The number of alkyl halides is 1. The largest absolute Gasteiger partial charge is 0.387 e. The van der Waals surface area contributed by atoms with E-state index >= 15 is 0 Å². The summed E-state index contributed by atoms with van der Waals surface area (Å²) >= 11 is 0. The summed E-state index contributed by atoms with van der Waals surface area (Å²) in [4.78, 5) is 30.8. The van der Waals surface area contributed by atoms with Gasteiger partial charge < -0.3 is 26.0 Å². The third-order valence-corrected chi connectivity index (χ3v) is 6.79. The number of hydrogen-bond donors (Lipinski definition) is 4. The molecule has 0 saturated heterocycles. The van der Waals surface area contributed by atoms with E-state index in [4.69, 9.17) is 5.26 Å². The number of hydrogen-bond acceptors (Lipinski definition) is 7. The lowest BCUT2D eigenvalue weighted by atomic mass is 9.80. The first-order chi connectivity index (χ1) is 18.5. The van der Waals surface area contributed by atoms with Crippen molar-refractivity contribution >= 4 is 23.1 Å². The molecule has 4 N–H and O–H groups in total. The molecule has 206 valence electrons. The molecule has 0 radical (unpaired) electrons. The van der Waals surface area contributed by atoms with Gasteiger partial charge in [-0.2, -0.15) is 10.4 Å². The van der Waals surface area contributed by atoms with Gasteiger partial charge in [0.15, 0.2) is 0 Å². The molecule has 0 bridgehead atoms. The van der Waals surface area contributed by atoms with Gasteiger partial charge in [-0.15, -0.1) is 0 Å². The number of urea groups is 1. The van der Waals surface area contributed by atoms with Crippen molar-refractivity contribution in [3.8, 4) is 17.5 Å². The second-order valence-electron chi connectivity index (χ2n) is 10.6. The highest BCUT2D eigenvalue weighted by Gasteiger charge is 2.31. The van der Waals surface area contributed by atoms with Gasteiger partial charge in [-0.3, -0.25) is 9.78 Å². The highest BCUT2D eigenvalue weighted by Crippen LogP contribution is 2.32. The summed E-state index contributed by atoms with van der Waals surface area (Å²) in [6.45, 7) is 2.90. The predicted octanol–water partition coefficient (Wildman–Crippen LogP) is 2.57. The zero-order chi connectivity index (χ0) is 28.3. The van der Waals surface area contributed by atoms with E-state index in [1.807, 2.05) is 12.1 Å². The van der Waals surface area contributed by atoms with Gasteiger partial charge in [-0.1, -0.05) is 0 Å². The van der Waals surface area contributed by atoms with Crippen molar-refractivity contribution < 1.29 is 19.1 Å². The molecule has 3 aromatic rings. The number of nitrogens with zero attached hydrogens (tertiary/aromatic N) is 5. The summed E-state index contributed by atoms with van der Waals surface area (Å²) in [5.41, 5.74) is 1.58. The fourth-order valence-electron chi connectivity index (χ4n) is 4.31. The quantitative estimate of drug-likeness (QED) is 0.329. The number of aliphatic hydroxyl groups is 1. The number of rotatable bonds is 9. The Morgan fingerprint density at radius 3 is 2.67 bits per heavy atom. The molecule has 1 aliphatic rings. The van der Waals surface area contributed by atoms with Gasteiger partial charge in [0.25, 0.3) is 5.91 Å². The first-order valence-electron chi connectivity index (χ1n) is 12.7. The SMILES string of the molecule is CN(C)C(=O)NCC1CC(Nc2cc(-c3ccc4cc(C#N)cnn34)ncc2C(=O)NCC(F)C(C)(C)O)C1. The number of aromatic nitrogens is 3. The average molecular weight is 537 g/mol. The van der Waals surface area contributed by atoms with E-state index in [1.165, 1.54) is 31.1 Å². The highest BCUT2D eigenvalue weighted by molar-refractivity contribution is 6.00. The van der Waals surface area contributed by atoms with Crippen molar-refractivity contribution in [2.75, 3.05) is 32.5 Å². The van der Waals surface area contributed by atoms with Crippen molar-refractivity contribution in [2.24, 2.45) is 5.92 Å². The minimum absolute atomic E-state index is 0.0683. The maximum Gasteiger partial charge on any atom is 0.316 e. The minimum atomic E-state index is -1.65. The predicted molar refractivity (Wildman–Crippen MR) is 144 cm³/mol. The van der Waals surface area contributed by atoms with Crippen LogP contribution in [0, 0.1) is 17.2 Å². The number of carbonyl (C=O) groups excluding carboxylic acids is 2. The molecule has 3 aromatic heterocycles. The minimum Gasteiger partial charge on any atom is -0.387 e. The Balaban J connectivity index is 1.55. The first kappa shape index (κ1) is 27.8. The molecule has 1 saturated carbocycles. The van der Waals surface area contributed by atoms with Gasteiger partial charge in [-0.05, 0) is 56.9 Å². The third-order valence-electron chi connectivity index (χ3n) is 6.79. The Kier molecular flexibility index (Phi) is 8.01. The summed E-state index contributed by atoms with van der Waals surface area (Å²) in [7, 11) is 3.37. The molecule has 3 amide bonds. The molecule has 0 aromatic carbocycles. The van der Waals surface area contributed by atoms with Gasteiger partial charge in [0.05, 0.1) is 52.1 Å². The molecule has 1 fully saturated rings. The Hall–Kier alpha value is -4.24. The van der Waals surface area contributed by atoms with E-state index in [2.05, 4.69) is 32.1 Å². The van der Waals surface area contributed by atoms with Crippen LogP contribution in [0.3, 0.4) is 0 Å². The standard InChI is InChI=1S/C27H33FN8O3/c1-27(2,39)24(28)15-31-25(37)20-14-30-22(23-6-5-19-9-17(11-29)13-33-36(19)23)10-21(20)34-18-7-16(8-18)12-32-26(38)35(3)4/h5-6,9-10,13-14,16,18,24,39H,7-8,12,15H2,1-4H3,(H,30,34)(H,31,37)(H,32,38). The van der Waals surface area contributed by atoms with Gasteiger partial charge >= 0.3 is 6.03 Å². The van der Waals surface area contributed by atoms with Crippen LogP contribution in [-0.2, 0) is 0 Å². The fraction of sp³-hybridized carbons (Fsp3) is 0.444. The van der Waals surface area contributed by atoms with Crippen molar-refractivity contribution in [2.45, 2.75) is 44.5 Å². The van der Waals surface area contributed by atoms with Crippen LogP contribution < -0.4 is 16.0 Å². The van der Waals surface area contributed by atoms with Crippen LogP contribution in [0.1, 0.15) is 42.6 Å². The molecule has 3 heterocycles. The van der Waals surface area contributed by atoms with Gasteiger partial charge in [0.2, 0.25) is 0 Å². The molecule has 12 heteroatoms. The normalized spacial score (nSPS) is 17.6. The van der Waals surface area contributed by atoms with E-state index in [9.17, 15) is 19.1 Å². The van der Waals surface area contributed by atoms with Gasteiger partial charge in [0, 0.05) is 32.9 Å². The number of halogens is 1. The molecular weight excluding hydrogens is 503 g/mol. The summed E-state index contributed by atoms with van der Waals surface area (Å²) < 4.78 is 15.9. The molecular formula is C27H33FN8O3. The summed E-state index contributed by atoms with van der Waals surface area (Å²) in [5, 5.41) is 32.2. The Bertz CT molecular complexity index is 1400. The summed E-state index contributed by atoms with van der Waals surface area (Å²) in [6, 6.07) is 9.13. The zero-order valence-electron chi connectivity index (χ0n) is 22.4. The van der Waals surface area contributed by atoms with Gasteiger partial charge in [0.1, 0.15) is 12.2 Å². The van der Waals surface area contributed by atoms with E-state index in [-0.39, 0.29) is 24.2 Å². The average Bonchev–Trinajstić information content (AvgIpc) is 3.30. The van der Waals surface area contributed by atoms with Crippen molar-refractivity contribution in [1.29, 1.82) is 5.26 Å². The van der Waals surface area contributed by atoms with Crippen LogP contribution in [0.4, 0.5) is 14.9 Å². The summed E-state index contributed by atoms with van der Waals surface area (Å²) in [6.07, 6.45) is 2.85. The number of fused-ring (bicyclic) bond motifs is 1. The lowest BCUT2D eigenvalue weighted by Crippen LogP contribution is -2.44. The highest BCUT2D eigenvalue weighted by atomic mass is 19.1. The second-order valence-corrected chi connectivity index (χ2v) is 10.6. The van der Waals surface area contributed by atoms with Crippen molar-refractivity contribution in [3.63, 3.8) is 0 Å². The van der Waals surface area contributed by atoms with E-state index in [0.717, 1.165) is 18.4 Å². The molecule has 4 rings (SSSR count). The van der Waals surface area contributed by atoms with Crippen molar-refractivity contribution in [3.05, 3.63) is 47.8 Å². The van der Waals surface area contributed by atoms with Crippen LogP contribution >= 0.6 is 0 Å². The smallest absolute Gasteiger partial charge is 0.316 e. The lowest BCUT2D eigenvalue weighted by molar-refractivity contribution is -0.00177. The van der Waals surface area contributed by atoms with Crippen LogP contribution in [0.25, 0.3) is 16.9 Å². The number of anilines is 1. The summed E-state index contributed by atoms with van der Waals surface area (Å²) in [5.74, 6) is -0.216. The second kappa shape index (κ2) is 11.2. The Morgan fingerprint density at radius 1 is 1.26 bits per heavy atom. The van der Waals surface area contributed by atoms with E-state index in [0.29, 0.717) is 35.1 Å². The Morgan fingerprint density at radius 2 is 2.00 bits per heavy atom. The maximum absolute atomic E-state index is 14.3. The molecule has 11 nitrogen and oxygen atoms in total. The fourth-order valence-corrected chi connectivity index (χ4v) is 4.31. The number of nitrogens with one attached hydrogen (secondary N) is 3. The van der Waals surface area contributed by atoms with Crippen LogP contribution in [0.15, 0.2) is 36.7 Å². The molecule has 1 unspecified atom stereocenters. The van der Waals surface area contributed by atoms with Crippen molar-refractivity contribution in [1.82, 2.24) is 30.1 Å². The molecule has 0 aliphatic heterocycles. The number of nitriles is 1. The maximum atomic E-state index is 14.3. The number of carbonyl (C=O) groups is 2. The molecule has 0 spiro atoms. The number of amides is 3. The zero-order valence-corrected chi connectivity index (χ0v) is 22.4. The van der Waals surface area contributed by atoms with E-state index < -0.39 is 17.7 Å². The van der Waals surface area contributed by atoms with Crippen LogP contribution in [0.2, 0.25) is 0 Å². The molecule has 1 aliphatic carbocycles. The third kappa shape index (κ3) is 6.43. The Labute approximate surface area is 226 Å². The first-order valence-corrected chi connectivity index (χ1v) is 12.7. The number of pyridine rings is 1. The van der Waals surface area contributed by atoms with E-state index in [1.54, 1.807) is 30.7 Å². The topological polar surface area (TPSA) is 148 Å².